The van der Waals surface area contributed by atoms with Crippen molar-refractivity contribution in [2.45, 2.75) is 26.2 Å². The zero-order valence-electron chi connectivity index (χ0n) is 9.44. The van der Waals surface area contributed by atoms with Crippen LogP contribution in [0.25, 0.3) is 0 Å². The summed E-state index contributed by atoms with van der Waals surface area (Å²) in [5, 5.41) is 27.4. The molecule has 0 aliphatic heterocycles. The molecule has 0 heterocycles. The van der Waals surface area contributed by atoms with E-state index in [4.69, 9.17) is 9.84 Å². The second-order valence-electron chi connectivity index (χ2n) is 3.62. The average molecular weight is 226 g/mol. The van der Waals surface area contributed by atoms with Gasteiger partial charge in [-0.15, -0.1) is 0 Å². The van der Waals surface area contributed by atoms with Gasteiger partial charge in [0.2, 0.25) is 0 Å². The molecule has 0 unspecified atom stereocenters. The monoisotopic (exact) mass is 226 g/mol. The number of phenolic OH excluding ortho intramolecular Hbond substituents is 2. The molecule has 16 heavy (non-hydrogen) atoms. The number of ether oxygens (including phenoxy) is 1. The molecule has 0 aromatic heterocycles. The van der Waals surface area contributed by atoms with Crippen molar-refractivity contribution < 1.29 is 20.1 Å². The highest BCUT2D eigenvalue weighted by molar-refractivity contribution is 5.49. The summed E-state index contributed by atoms with van der Waals surface area (Å²) in [6, 6.07) is 2.94. The van der Waals surface area contributed by atoms with Gasteiger partial charge in [0.1, 0.15) is 5.75 Å². The molecule has 0 aliphatic carbocycles. The Morgan fingerprint density at radius 2 is 1.88 bits per heavy atom. The Labute approximate surface area is 95.1 Å². The summed E-state index contributed by atoms with van der Waals surface area (Å²) in [7, 11) is 0. The van der Waals surface area contributed by atoms with Crippen LogP contribution in [0.5, 0.6) is 17.2 Å². The van der Waals surface area contributed by atoms with E-state index in [9.17, 15) is 10.2 Å². The van der Waals surface area contributed by atoms with Gasteiger partial charge in [-0.05, 0) is 18.1 Å². The minimum Gasteiger partial charge on any atom is -0.504 e. The van der Waals surface area contributed by atoms with Crippen molar-refractivity contribution in [3.63, 3.8) is 0 Å². The predicted molar refractivity (Wildman–Crippen MR) is 61.0 cm³/mol. The maximum atomic E-state index is 9.38. The number of rotatable bonds is 6. The summed E-state index contributed by atoms with van der Waals surface area (Å²) in [5.41, 5.74) is 0.871. The molecule has 0 radical (unpaired) electrons. The standard InChI is InChI=1S/C12H18O4/c1-2-4-9-7-10(14)11(15)8-12(9)16-6-3-5-13/h7-8,13-15H,2-6H2,1H3. The molecule has 1 aromatic rings. The number of aliphatic hydroxyl groups excluding tert-OH is 1. The van der Waals surface area contributed by atoms with Crippen LogP contribution in [-0.2, 0) is 6.42 Å². The molecule has 1 aromatic carbocycles. The largest absolute Gasteiger partial charge is 0.504 e. The minimum atomic E-state index is -0.182. The first-order chi connectivity index (χ1) is 7.69. The van der Waals surface area contributed by atoms with Crippen molar-refractivity contribution in [2.24, 2.45) is 0 Å². The smallest absolute Gasteiger partial charge is 0.161 e. The minimum absolute atomic E-state index is 0.0766. The van der Waals surface area contributed by atoms with E-state index in [0.717, 1.165) is 18.4 Å². The molecular formula is C12H18O4. The molecule has 0 amide bonds. The molecule has 0 bridgehead atoms. The fraction of sp³-hybridized carbons (Fsp3) is 0.500. The zero-order chi connectivity index (χ0) is 12.0. The lowest BCUT2D eigenvalue weighted by molar-refractivity contribution is 0.232. The van der Waals surface area contributed by atoms with E-state index in [1.165, 1.54) is 12.1 Å². The van der Waals surface area contributed by atoms with Gasteiger partial charge < -0.3 is 20.1 Å². The third kappa shape index (κ3) is 3.31. The van der Waals surface area contributed by atoms with Crippen LogP contribution < -0.4 is 4.74 Å². The first-order valence-electron chi connectivity index (χ1n) is 5.47. The number of aliphatic hydroxyl groups is 1. The lowest BCUT2D eigenvalue weighted by Crippen LogP contribution is -2.02. The van der Waals surface area contributed by atoms with Crippen LogP contribution in [0.2, 0.25) is 0 Å². The summed E-state index contributed by atoms with van der Waals surface area (Å²) in [4.78, 5) is 0. The summed E-state index contributed by atoms with van der Waals surface area (Å²) in [6.45, 7) is 2.51. The van der Waals surface area contributed by atoms with Crippen LogP contribution in [0.1, 0.15) is 25.3 Å². The van der Waals surface area contributed by atoms with Crippen molar-refractivity contribution >= 4 is 0 Å². The highest BCUT2D eigenvalue weighted by Crippen LogP contribution is 2.33. The van der Waals surface area contributed by atoms with Crippen molar-refractivity contribution in [3.05, 3.63) is 17.7 Å². The Bertz CT molecular complexity index is 336. The van der Waals surface area contributed by atoms with E-state index in [1.807, 2.05) is 6.92 Å². The molecule has 4 heteroatoms. The number of aromatic hydroxyl groups is 2. The summed E-state index contributed by atoms with van der Waals surface area (Å²) >= 11 is 0. The lowest BCUT2D eigenvalue weighted by atomic mass is 10.1. The molecule has 0 aliphatic rings. The van der Waals surface area contributed by atoms with Crippen LogP contribution in [0.15, 0.2) is 12.1 Å². The third-order valence-electron chi connectivity index (χ3n) is 2.24. The van der Waals surface area contributed by atoms with E-state index in [0.29, 0.717) is 18.8 Å². The van der Waals surface area contributed by atoms with Crippen LogP contribution >= 0.6 is 0 Å². The summed E-state index contributed by atoms with van der Waals surface area (Å²) in [5.74, 6) is 0.266. The number of hydrogen-bond acceptors (Lipinski definition) is 4. The highest BCUT2D eigenvalue weighted by Gasteiger charge is 2.09. The van der Waals surface area contributed by atoms with E-state index in [1.54, 1.807) is 0 Å². The number of aryl methyl sites for hydroxylation is 1. The van der Waals surface area contributed by atoms with Gasteiger partial charge >= 0.3 is 0 Å². The number of phenols is 2. The van der Waals surface area contributed by atoms with Gasteiger partial charge in [-0.25, -0.2) is 0 Å². The van der Waals surface area contributed by atoms with Gasteiger partial charge in [-0.3, -0.25) is 0 Å². The quantitative estimate of drug-likeness (QED) is 0.511. The van der Waals surface area contributed by atoms with Gasteiger partial charge in [0.15, 0.2) is 11.5 Å². The summed E-state index contributed by atoms with van der Waals surface area (Å²) in [6.07, 6.45) is 2.26. The Balaban J connectivity index is 2.82. The van der Waals surface area contributed by atoms with Gasteiger partial charge in [0.25, 0.3) is 0 Å². The Hall–Kier alpha value is -1.42. The highest BCUT2D eigenvalue weighted by atomic mass is 16.5. The maximum Gasteiger partial charge on any atom is 0.161 e. The molecule has 1 rings (SSSR count). The van der Waals surface area contributed by atoms with E-state index in [2.05, 4.69) is 0 Å². The molecule has 0 saturated carbocycles. The predicted octanol–water partition coefficient (Wildman–Crippen LogP) is 1.81. The molecule has 0 fully saturated rings. The molecule has 0 spiro atoms. The lowest BCUT2D eigenvalue weighted by Gasteiger charge is -2.12. The summed E-state index contributed by atoms with van der Waals surface area (Å²) < 4.78 is 5.43. The van der Waals surface area contributed by atoms with Gasteiger partial charge in [-0.2, -0.15) is 0 Å². The van der Waals surface area contributed by atoms with E-state index >= 15 is 0 Å². The fourth-order valence-corrected chi connectivity index (χ4v) is 1.45. The van der Waals surface area contributed by atoms with Gasteiger partial charge in [0.05, 0.1) is 6.61 Å². The molecule has 4 nitrogen and oxygen atoms in total. The van der Waals surface area contributed by atoms with Crippen LogP contribution in [0, 0.1) is 0 Å². The van der Waals surface area contributed by atoms with Crippen molar-refractivity contribution in [1.82, 2.24) is 0 Å². The van der Waals surface area contributed by atoms with Crippen LogP contribution in [0.4, 0.5) is 0 Å². The Kier molecular flexibility index (Phi) is 4.92. The van der Waals surface area contributed by atoms with Gasteiger partial charge in [-0.1, -0.05) is 13.3 Å². The normalized spacial score (nSPS) is 10.4. The molecule has 0 saturated heterocycles. The van der Waals surface area contributed by atoms with Gasteiger partial charge in [0, 0.05) is 19.1 Å². The zero-order valence-corrected chi connectivity index (χ0v) is 9.44. The topological polar surface area (TPSA) is 69.9 Å². The molecular weight excluding hydrogens is 208 g/mol. The van der Waals surface area contributed by atoms with Crippen molar-refractivity contribution in [3.8, 4) is 17.2 Å². The molecule has 3 N–H and O–H groups in total. The Morgan fingerprint density at radius 1 is 1.19 bits per heavy atom. The third-order valence-corrected chi connectivity index (χ3v) is 2.24. The van der Waals surface area contributed by atoms with Crippen LogP contribution in [0.3, 0.4) is 0 Å². The number of hydrogen-bond donors (Lipinski definition) is 3. The first kappa shape index (κ1) is 12.6. The second kappa shape index (κ2) is 6.23. The average Bonchev–Trinajstić information content (AvgIpc) is 2.25. The van der Waals surface area contributed by atoms with Crippen molar-refractivity contribution in [2.75, 3.05) is 13.2 Å². The first-order valence-corrected chi connectivity index (χ1v) is 5.47. The van der Waals surface area contributed by atoms with Crippen molar-refractivity contribution in [1.29, 1.82) is 0 Å². The maximum absolute atomic E-state index is 9.38. The second-order valence-corrected chi connectivity index (χ2v) is 3.62. The Morgan fingerprint density at radius 3 is 2.50 bits per heavy atom. The SMILES string of the molecule is CCCc1cc(O)c(O)cc1OCCCO. The molecule has 90 valence electrons. The molecule has 0 atom stereocenters. The van der Waals surface area contributed by atoms with Crippen LogP contribution in [-0.4, -0.2) is 28.5 Å². The van der Waals surface area contributed by atoms with E-state index in [-0.39, 0.29) is 18.1 Å². The number of benzene rings is 1. The fourth-order valence-electron chi connectivity index (χ4n) is 1.45. The van der Waals surface area contributed by atoms with E-state index < -0.39 is 0 Å².